The Morgan fingerprint density at radius 1 is 1.00 bits per heavy atom. The van der Waals surface area contributed by atoms with Crippen LogP contribution in [0.2, 0.25) is 0 Å². The Hall–Kier alpha value is -3.32. The van der Waals surface area contributed by atoms with E-state index >= 15 is 0 Å². The van der Waals surface area contributed by atoms with E-state index in [4.69, 9.17) is 14.2 Å². The maximum atomic E-state index is 12.9. The lowest BCUT2D eigenvalue weighted by molar-refractivity contribution is 0.0529. The van der Waals surface area contributed by atoms with Crippen LogP contribution in [0.3, 0.4) is 0 Å². The molecule has 1 N–H and O–H groups in total. The first kappa shape index (κ1) is 22.4. The molecular weight excluding hydrogens is 414 g/mol. The minimum atomic E-state index is -0.475. The van der Waals surface area contributed by atoms with Crippen LogP contribution in [0.4, 0.5) is 5.00 Å². The Bertz CT molecular complexity index is 1070. The Kier molecular flexibility index (Phi) is 7.31. The summed E-state index contributed by atoms with van der Waals surface area (Å²) in [4.78, 5) is 26.6. The van der Waals surface area contributed by atoms with Gasteiger partial charge in [0.15, 0.2) is 0 Å². The molecule has 0 radical (unpaired) electrons. The summed E-state index contributed by atoms with van der Waals surface area (Å²) in [6.07, 6.45) is 0. The Balaban J connectivity index is 2.01. The van der Waals surface area contributed by atoms with Crippen LogP contribution in [0.1, 0.15) is 39.4 Å². The van der Waals surface area contributed by atoms with Gasteiger partial charge in [-0.05, 0) is 56.7 Å². The first-order valence-electron chi connectivity index (χ1n) is 9.97. The predicted octanol–water partition coefficient (Wildman–Crippen LogP) is 5.56. The minimum absolute atomic E-state index is 0.236. The third kappa shape index (κ3) is 5.06. The minimum Gasteiger partial charge on any atom is -0.497 e. The molecule has 31 heavy (non-hydrogen) atoms. The van der Waals surface area contributed by atoms with Gasteiger partial charge in [0, 0.05) is 16.0 Å². The van der Waals surface area contributed by atoms with E-state index in [-0.39, 0.29) is 12.5 Å². The lowest BCUT2D eigenvalue weighted by Gasteiger charge is -2.10. The summed E-state index contributed by atoms with van der Waals surface area (Å²) in [5, 5.41) is 3.33. The number of hydrogen-bond acceptors (Lipinski definition) is 6. The van der Waals surface area contributed by atoms with E-state index in [9.17, 15) is 9.59 Å². The molecule has 0 spiro atoms. The molecule has 162 valence electrons. The second-order valence-electron chi connectivity index (χ2n) is 6.60. The van der Waals surface area contributed by atoms with Gasteiger partial charge in [0.2, 0.25) is 0 Å². The zero-order chi connectivity index (χ0) is 22.4. The number of carbonyl (C=O) groups excluding carboxylic acids is 2. The SMILES string of the molecule is CCOC(=O)c1c(NC(=O)c2cccc(OC)c2)sc(C)c1-c1ccc(OCC)cc1. The number of methoxy groups -OCH3 is 1. The van der Waals surface area contributed by atoms with Crippen LogP contribution in [0.5, 0.6) is 11.5 Å². The maximum absolute atomic E-state index is 12.9. The van der Waals surface area contributed by atoms with Gasteiger partial charge in [0.05, 0.1) is 20.3 Å². The monoisotopic (exact) mass is 439 g/mol. The number of hydrogen-bond donors (Lipinski definition) is 1. The fourth-order valence-corrected chi connectivity index (χ4v) is 4.26. The predicted molar refractivity (Wildman–Crippen MR) is 123 cm³/mol. The topological polar surface area (TPSA) is 73.9 Å². The molecule has 0 saturated carbocycles. The van der Waals surface area contributed by atoms with Crippen LogP contribution in [-0.4, -0.2) is 32.2 Å². The van der Waals surface area contributed by atoms with Gasteiger partial charge < -0.3 is 19.5 Å². The summed E-state index contributed by atoms with van der Waals surface area (Å²) in [6.45, 7) is 6.40. The quantitative estimate of drug-likeness (QED) is 0.465. The fraction of sp³-hybridized carbons (Fsp3) is 0.250. The van der Waals surface area contributed by atoms with Gasteiger partial charge >= 0.3 is 5.97 Å². The Morgan fingerprint density at radius 3 is 2.39 bits per heavy atom. The second-order valence-corrected chi connectivity index (χ2v) is 7.83. The molecular formula is C24H25NO5S. The highest BCUT2D eigenvalue weighted by Crippen LogP contribution is 2.41. The van der Waals surface area contributed by atoms with Gasteiger partial charge in [-0.1, -0.05) is 18.2 Å². The number of nitrogens with one attached hydrogen (secondary N) is 1. The van der Waals surface area contributed by atoms with Crippen molar-refractivity contribution in [3.05, 3.63) is 64.5 Å². The molecule has 0 aliphatic heterocycles. The van der Waals surface area contributed by atoms with Crippen molar-refractivity contribution >= 4 is 28.2 Å². The van der Waals surface area contributed by atoms with Crippen molar-refractivity contribution in [1.29, 1.82) is 0 Å². The average Bonchev–Trinajstić information content (AvgIpc) is 3.10. The molecule has 0 unspecified atom stereocenters. The second kappa shape index (κ2) is 10.1. The number of rotatable bonds is 8. The van der Waals surface area contributed by atoms with Crippen molar-refractivity contribution in [3.8, 4) is 22.6 Å². The van der Waals surface area contributed by atoms with Crippen LogP contribution in [-0.2, 0) is 4.74 Å². The van der Waals surface area contributed by atoms with Gasteiger partial charge in [-0.3, -0.25) is 4.79 Å². The van der Waals surface area contributed by atoms with Crippen LogP contribution in [0.15, 0.2) is 48.5 Å². The lowest BCUT2D eigenvalue weighted by Crippen LogP contribution is -2.15. The maximum Gasteiger partial charge on any atom is 0.341 e. The average molecular weight is 440 g/mol. The van der Waals surface area contributed by atoms with Crippen LogP contribution < -0.4 is 14.8 Å². The number of ether oxygens (including phenoxy) is 3. The number of esters is 1. The zero-order valence-electron chi connectivity index (χ0n) is 18.0. The molecule has 7 heteroatoms. The van der Waals surface area contributed by atoms with Crippen molar-refractivity contribution < 1.29 is 23.8 Å². The molecule has 1 aromatic heterocycles. The van der Waals surface area contributed by atoms with Gasteiger partial charge in [-0.2, -0.15) is 0 Å². The first-order valence-corrected chi connectivity index (χ1v) is 10.8. The van der Waals surface area contributed by atoms with E-state index in [1.165, 1.54) is 11.3 Å². The van der Waals surface area contributed by atoms with E-state index in [2.05, 4.69) is 5.32 Å². The largest absolute Gasteiger partial charge is 0.497 e. The third-order valence-electron chi connectivity index (χ3n) is 4.58. The molecule has 1 heterocycles. The molecule has 3 aromatic rings. The Labute approximate surface area is 185 Å². The fourth-order valence-electron chi connectivity index (χ4n) is 3.20. The summed E-state index contributed by atoms with van der Waals surface area (Å²) < 4.78 is 16.0. The van der Waals surface area contributed by atoms with E-state index in [1.807, 2.05) is 38.1 Å². The molecule has 0 saturated heterocycles. The smallest absolute Gasteiger partial charge is 0.341 e. The molecule has 0 aliphatic carbocycles. The number of anilines is 1. The molecule has 3 rings (SSSR count). The van der Waals surface area contributed by atoms with Crippen molar-refractivity contribution in [1.82, 2.24) is 0 Å². The summed E-state index contributed by atoms with van der Waals surface area (Å²) in [6, 6.07) is 14.4. The zero-order valence-corrected chi connectivity index (χ0v) is 18.8. The lowest BCUT2D eigenvalue weighted by atomic mass is 10.0. The third-order valence-corrected chi connectivity index (χ3v) is 5.60. The van der Waals surface area contributed by atoms with E-state index in [0.717, 1.165) is 21.8 Å². The van der Waals surface area contributed by atoms with Crippen molar-refractivity contribution in [2.24, 2.45) is 0 Å². The number of thiophene rings is 1. The van der Waals surface area contributed by atoms with Crippen LogP contribution in [0, 0.1) is 6.92 Å². The highest BCUT2D eigenvalue weighted by Gasteiger charge is 2.26. The number of amides is 1. The summed E-state index contributed by atoms with van der Waals surface area (Å²) in [7, 11) is 1.54. The molecule has 0 fully saturated rings. The summed E-state index contributed by atoms with van der Waals surface area (Å²) in [5.41, 5.74) is 2.38. The number of benzene rings is 2. The van der Waals surface area contributed by atoms with E-state index in [0.29, 0.717) is 28.5 Å². The van der Waals surface area contributed by atoms with E-state index in [1.54, 1.807) is 38.3 Å². The summed E-state index contributed by atoms with van der Waals surface area (Å²) in [5.74, 6) is 0.527. The van der Waals surface area contributed by atoms with Crippen molar-refractivity contribution in [2.75, 3.05) is 25.6 Å². The highest BCUT2D eigenvalue weighted by atomic mass is 32.1. The summed E-state index contributed by atoms with van der Waals surface area (Å²) >= 11 is 1.34. The molecule has 0 atom stereocenters. The van der Waals surface area contributed by atoms with Crippen LogP contribution >= 0.6 is 11.3 Å². The normalized spacial score (nSPS) is 10.5. The highest BCUT2D eigenvalue weighted by molar-refractivity contribution is 7.17. The molecule has 6 nitrogen and oxygen atoms in total. The molecule has 0 aliphatic rings. The van der Waals surface area contributed by atoms with Gasteiger partial charge in [-0.15, -0.1) is 11.3 Å². The first-order chi connectivity index (χ1) is 15.0. The number of carbonyl (C=O) groups is 2. The van der Waals surface area contributed by atoms with Crippen molar-refractivity contribution in [3.63, 3.8) is 0 Å². The Morgan fingerprint density at radius 2 is 1.74 bits per heavy atom. The molecule has 0 bridgehead atoms. The van der Waals surface area contributed by atoms with Crippen molar-refractivity contribution in [2.45, 2.75) is 20.8 Å². The van der Waals surface area contributed by atoms with E-state index < -0.39 is 5.97 Å². The van der Waals surface area contributed by atoms with Gasteiger partial charge in [-0.25, -0.2) is 4.79 Å². The van der Waals surface area contributed by atoms with Gasteiger partial charge in [0.1, 0.15) is 22.1 Å². The molecule has 1 amide bonds. The van der Waals surface area contributed by atoms with Gasteiger partial charge in [0.25, 0.3) is 5.91 Å². The standard InChI is InChI=1S/C24H25NO5S/c1-5-29-18-12-10-16(11-13-18)20-15(3)31-23(21(20)24(27)30-6-2)25-22(26)17-8-7-9-19(14-17)28-4/h7-14H,5-6H2,1-4H3,(H,25,26). The molecule has 2 aromatic carbocycles. The van der Waals surface area contributed by atoms with Crippen LogP contribution in [0.25, 0.3) is 11.1 Å². The number of aryl methyl sites for hydroxylation is 1.